The fourth-order valence-electron chi connectivity index (χ4n) is 4.96. The molecule has 1 aromatic heterocycles. The molecule has 3 aromatic rings. The average molecular weight is 490 g/mol. The van der Waals surface area contributed by atoms with Gasteiger partial charge in [0, 0.05) is 43.1 Å². The zero-order chi connectivity index (χ0) is 24.4. The molecule has 6 nitrogen and oxygen atoms in total. The van der Waals surface area contributed by atoms with Gasteiger partial charge in [-0.1, -0.05) is 36.4 Å². The van der Waals surface area contributed by atoms with E-state index in [2.05, 4.69) is 95.7 Å². The van der Waals surface area contributed by atoms with Crippen molar-refractivity contribution in [3.8, 4) is 11.3 Å². The van der Waals surface area contributed by atoms with Crippen molar-refractivity contribution in [3.63, 3.8) is 0 Å². The number of nitrogens with zero attached hydrogens (tertiary/aromatic N) is 3. The van der Waals surface area contributed by atoms with Gasteiger partial charge in [-0.2, -0.15) is 0 Å². The van der Waals surface area contributed by atoms with Crippen molar-refractivity contribution in [2.75, 3.05) is 25.5 Å². The molecule has 0 saturated carbocycles. The van der Waals surface area contributed by atoms with Gasteiger partial charge in [0.15, 0.2) is 5.11 Å². The number of imidazole rings is 1. The van der Waals surface area contributed by atoms with Gasteiger partial charge in [-0.15, -0.1) is 0 Å². The summed E-state index contributed by atoms with van der Waals surface area (Å²) in [5, 5.41) is 7.09. The SMILES string of the molecule is CC(C)NC(=S)Nc1ccc(-c2cn3c(n2)C(OC2CCN(C)CC2)c2ccccc2CC3)cc1. The van der Waals surface area contributed by atoms with Gasteiger partial charge < -0.3 is 24.8 Å². The summed E-state index contributed by atoms with van der Waals surface area (Å²) in [5.41, 5.74) is 5.65. The zero-order valence-electron chi connectivity index (χ0n) is 20.8. The number of fused-ring (bicyclic) bond motifs is 2. The predicted molar refractivity (Wildman–Crippen MR) is 146 cm³/mol. The molecule has 1 atom stereocenters. The number of hydrogen-bond acceptors (Lipinski definition) is 4. The topological polar surface area (TPSA) is 54.4 Å². The molecule has 1 saturated heterocycles. The highest BCUT2D eigenvalue weighted by Gasteiger charge is 2.30. The first-order chi connectivity index (χ1) is 17.0. The number of thiocarbonyl (C=S) groups is 1. The molecule has 1 fully saturated rings. The van der Waals surface area contributed by atoms with Gasteiger partial charge >= 0.3 is 0 Å². The number of ether oxygens (including phenoxy) is 1. The van der Waals surface area contributed by atoms with Crippen molar-refractivity contribution in [2.24, 2.45) is 0 Å². The number of rotatable bonds is 5. The van der Waals surface area contributed by atoms with Crippen LogP contribution >= 0.6 is 12.2 Å². The van der Waals surface area contributed by atoms with Gasteiger partial charge in [-0.25, -0.2) is 4.98 Å². The van der Waals surface area contributed by atoms with Crippen LogP contribution in [-0.4, -0.2) is 51.8 Å². The number of anilines is 1. The van der Waals surface area contributed by atoms with E-state index in [-0.39, 0.29) is 12.2 Å². The molecular formula is C28H35N5OS. The molecule has 3 heterocycles. The quantitative estimate of drug-likeness (QED) is 0.492. The molecule has 2 aromatic carbocycles. The van der Waals surface area contributed by atoms with E-state index in [1.165, 1.54) is 11.1 Å². The second kappa shape index (κ2) is 10.5. The lowest BCUT2D eigenvalue weighted by atomic mass is 10.00. The molecule has 7 heteroatoms. The van der Waals surface area contributed by atoms with Crippen LogP contribution in [0.3, 0.4) is 0 Å². The van der Waals surface area contributed by atoms with Crippen LogP contribution in [-0.2, 0) is 17.7 Å². The number of likely N-dealkylation sites (tertiary alicyclic amines) is 1. The van der Waals surface area contributed by atoms with Crippen LogP contribution in [0, 0.1) is 0 Å². The van der Waals surface area contributed by atoms with Crippen LogP contribution in [0.5, 0.6) is 0 Å². The molecular weight excluding hydrogens is 454 g/mol. The van der Waals surface area contributed by atoms with E-state index in [9.17, 15) is 0 Å². The largest absolute Gasteiger partial charge is 0.362 e. The maximum Gasteiger partial charge on any atom is 0.170 e. The molecule has 5 rings (SSSR count). The maximum atomic E-state index is 6.82. The summed E-state index contributed by atoms with van der Waals surface area (Å²) in [6.07, 6.45) is 5.39. The lowest BCUT2D eigenvalue weighted by Gasteiger charge is -2.32. The van der Waals surface area contributed by atoms with E-state index in [4.69, 9.17) is 21.9 Å². The number of aryl methyl sites for hydroxylation is 2. The standard InChI is InChI=1S/C28H35N5OS/c1-19(2)29-28(35)30-22-10-8-21(9-11-22)25-18-33-17-12-20-6-4-5-7-24(20)26(27(33)31-25)34-23-13-15-32(3)16-14-23/h4-11,18-19,23,26H,12-17H2,1-3H3,(H2,29,30,35). The first-order valence-corrected chi connectivity index (χ1v) is 13.0. The molecule has 2 aliphatic heterocycles. The third-order valence-electron chi connectivity index (χ3n) is 6.85. The second-order valence-corrected chi connectivity index (χ2v) is 10.4. The first kappa shape index (κ1) is 24.0. The number of aromatic nitrogens is 2. The summed E-state index contributed by atoms with van der Waals surface area (Å²) >= 11 is 5.37. The van der Waals surface area contributed by atoms with E-state index in [0.29, 0.717) is 11.2 Å². The molecule has 184 valence electrons. The summed E-state index contributed by atoms with van der Waals surface area (Å²) in [7, 11) is 2.19. The van der Waals surface area contributed by atoms with Crippen molar-refractivity contribution >= 4 is 23.0 Å². The molecule has 0 radical (unpaired) electrons. The minimum atomic E-state index is -0.142. The lowest BCUT2D eigenvalue weighted by Crippen LogP contribution is -2.35. The Hall–Kier alpha value is -2.74. The normalized spacial score (nSPS) is 18.6. The van der Waals surface area contributed by atoms with E-state index in [1.54, 1.807) is 0 Å². The summed E-state index contributed by atoms with van der Waals surface area (Å²) in [4.78, 5) is 7.52. The van der Waals surface area contributed by atoms with E-state index < -0.39 is 0 Å². The molecule has 0 aliphatic carbocycles. The monoisotopic (exact) mass is 489 g/mol. The number of benzene rings is 2. The van der Waals surface area contributed by atoms with Crippen molar-refractivity contribution in [3.05, 3.63) is 71.7 Å². The van der Waals surface area contributed by atoms with Gasteiger partial charge in [-0.05, 0) is 75.6 Å². The van der Waals surface area contributed by atoms with Crippen LogP contribution in [0.2, 0.25) is 0 Å². The van der Waals surface area contributed by atoms with E-state index in [0.717, 1.165) is 61.7 Å². The Morgan fingerprint density at radius 2 is 1.80 bits per heavy atom. The molecule has 0 amide bonds. The highest BCUT2D eigenvalue weighted by molar-refractivity contribution is 7.80. The maximum absolute atomic E-state index is 6.82. The van der Waals surface area contributed by atoms with Gasteiger partial charge in [0.25, 0.3) is 0 Å². The van der Waals surface area contributed by atoms with Gasteiger partial charge in [0.1, 0.15) is 11.9 Å². The Bertz CT molecular complexity index is 1160. The Balaban J connectivity index is 1.40. The second-order valence-electron chi connectivity index (χ2n) is 9.98. The van der Waals surface area contributed by atoms with Gasteiger partial charge in [0.2, 0.25) is 0 Å². The minimum absolute atomic E-state index is 0.142. The highest BCUT2D eigenvalue weighted by atomic mass is 32.1. The van der Waals surface area contributed by atoms with Gasteiger partial charge in [0.05, 0.1) is 11.8 Å². The number of nitrogens with one attached hydrogen (secondary N) is 2. The van der Waals surface area contributed by atoms with Gasteiger partial charge in [-0.3, -0.25) is 0 Å². The van der Waals surface area contributed by atoms with Crippen LogP contribution in [0.1, 0.15) is 49.7 Å². The molecule has 35 heavy (non-hydrogen) atoms. The Kier molecular flexibility index (Phi) is 7.18. The third-order valence-corrected chi connectivity index (χ3v) is 7.07. The average Bonchev–Trinajstić information content (AvgIpc) is 3.21. The summed E-state index contributed by atoms with van der Waals surface area (Å²) in [6, 6.07) is 17.3. The fourth-order valence-corrected chi connectivity index (χ4v) is 5.31. The minimum Gasteiger partial charge on any atom is -0.362 e. The predicted octanol–water partition coefficient (Wildman–Crippen LogP) is 5.00. The number of hydrogen-bond donors (Lipinski definition) is 2. The highest BCUT2D eigenvalue weighted by Crippen LogP contribution is 2.36. The van der Waals surface area contributed by atoms with Crippen LogP contribution in [0.15, 0.2) is 54.7 Å². The molecule has 2 aliphatic rings. The Morgan fingerprint density at radius 1 is 1.06 bits per heavy atom. The first-order valence-electron chi connectivity index (χ1n) is 12.6. The number of piperidine rings is 1. The Labute approximate surface area is 213 Å². The van der Waals surface area contributed by atoms with E-state index >= 15 is 0 Å². The smallest absolute Gasteiger partial charge is 0.170 e. The summed E-state index contributed by atoms with van der Waals surface area (Å²) in [6.45, 7) is 7.20. The molecule has 1 unspecified atom stereocenters. The van der Waals surface area contributed by atoms with E-state index in [1.807, 2.05) is 0 Å². The molecule has 0 spiro atoms. The fraction of sp³-hybridized carbons (Fsp3) is 0.429. The van der Waals surface area contributed by atoms with Crippen LogP contribution in [0.4, 0.5) is 5.69 Å². The molecule has 2 N–H and O–H groups in total. The summed E-state index contributed by atoms with van der Waals surface area (Å²) in [5.74, 6) is 1.01. The van der Waals surface area contributed by atoms with Crippen molar-refractivity contribution < 1.29 is 4.74 Å². The molecule has 0 bridgehead atoms. The van der Waals surface area contributed by atoms with Crippen molar-refractivity contribution in [1.29, 1.82) is 0 Å². The van der Waals surface area contributed by atoms with Crippen molar-refractivity contribution in [1.82, 2.24) is 19.8 Å². The summed E-state index contributed by atoms with van der Waals surface area (Å²) < 4.78 is 9.11. The van der Waals surface area contributed by atoms with Crippen molar-refractivity contribution in [2.45, 2.75) is 57.9 Å². The lowest BCUT2D eigenvalue weighted by molar-refractivity contribution is -0.0275. The zero-order valence-corrected chi connectivity index (χ0v) is 21.6. The van der Waals surface area contributed by atoms with Crippen LogP contribution < -0.4 is 10.6 Å². The van der Waals surface area contributed by atoms with Crippen LogP contribution in [0.25, 0.3) is 11.3 Å². The third kappa shape index (κ3) is 5.58. The Morgan fingerprint density at radius 3 is 2.54 bits per heavy atom.